The van der Waals surface area contributed by atoms with E-state index >= 15 is 0 Å². The monoisotopic (exact) mass is 130 g/mol. The fourth-order valence-corrected chi connectivity index (χ4v) is 0.939. The summed E-state index contributed by atoms with van der Waals surface area (Å²) >= 11 is 4.11. The van der Waals surface area contributed by atoms with Crippen LogP contribution in [0.25, 0.3) is 0 Å². The van der Waals surface area contributed by atoms with E-state index in [1.165, 1.54) is 5.57 Å². The minimum absolute atomic E-state index is 0.830. The van der Waals surface area contributed by atoms with E-state index in [4.69, 9.17) is 4.74 Å². The molecule has 0 unspecified atom stereocenters. The van der Waals surface area contributed by atoms with Gasteiger partial charge in [0.1, 0.15) is 5.09 Å². The van der Waals surface area contributed by atoms with Gasteiger partial charge in [0.25, 0.3) is 0 Å². The Bertz CT molecular complexity index is 104. The van der Waals surface area contributed by atoms with Crippen LogP contribution >= 0.6 is 12.6 Å². The average molecular weight is 130 g/mol. The maximum absolute atomic E-state index is 5.13. The first-order valence-electron chi connectivity index (χ1n) is 2.82. The van der Waals surface area contributed by atoms with Crippen molar-refractivity contribution >= 4 is 12.6 Å². The zero-order valence-electron chi connectivity index (χ0n) is 4.98. The lowest BCUT2D eigenvalue weighted by Gasteiger charge is -2.13. The van der Waals surface area contributed by atoms with Crippen molar-refractivity contribution < 1.29 is 4.74 Å². The summed E-state index contributed by atoms with van der Waals surface area (Å²) in [5, 5.41) is 0.830. The molecule has 8 heavy (non-hydrogen) atoms. The number of allylic oxidation sites excluding steroid dienone is 1. The summed E-state index contributed by atoms with van der Waals surface area (Å²) in [7, 11) is 0. The van der Waals surface area contributed by atoms with E-state index in [0.717, 1.165) is 24.5 Å². The quantitative estimate of drug-likeness (QED) is 0.493. The third kappa shape index (κ3) is 1.19. The van der Waals surface area contributed by atoms with Crippen LogP contribution in [0.15, 0.2) is 10.7 Å². The molecule has 0 spiro atoms. The maximum Gasteiger partial charge on any atom is 0.149 e. The Labute approximate surface area is 55.1 Å². The molecule has 1 heterocycles. The van der Waals surface area contributed by atoms with Crippen molar-refractivity contribution in [1.82, 2.24) is 0 Å². The van der Waals surface area contributed by atoms with Gasteiger partial charge in [0.2, 0.25) is 0 Å². The molecule has 0 atom stereocenters. The molecule has 0 amide bonds. The lowest BCUT2D eigenvalue weighted by atomic mass is 10.2. The maximum atomic E-state index is 5.13. The zero-order valence-corrected chi connectivity index (χ0v) is 5.87. The molecule has 0 N–H and O–H groups in total. The van der Waals surface area contributed by atoms with Crippen LogP contribution in [0.5, 0.6) is 0 Å². The van der Waals surface area contributed by atoms with Gasteiger partial charge in [-0.3, -0.25) is 0 Å². The first-order chi connectivity index (χ1) is 3.80. The smallest absolute Gasteiger partial charge is 0.149 e. The third-order valence-corrected chi connectivity index (χ3v) is 1.81. The van der Waals surface area contributed by atoms with Crippen LogP contribution in [-0.4, -0.2) is 6.61 Å². The Kier molecular flexibility index (Phi) is 1.84. The van der Waals surface area contributed by atoms with Gasteiger partial charge in [-0.25, -0.2) is 0 Å². The summed E-state index contributed by atoms with van der Waals surface area (Å²) in [4.78, 5) is 0. The van der Waals surface area contributed by atoms with Gasteiger partial charge in [-0.05, 0) is 25.3 Å². The van der Waals surface area contributed by atoms with Crippen LogP contribution in [0.2, 0.25) is 0 Å². The standard InChI is InChI=1S/C6H10OS/c1-5-3-2-4-7-6(5)8/h8H,2-4H2,1H3. The molecule has 0 aromatic rings. The molecule has 0 saturated heterocycles. The zero-order chi connectivity index (χ0) is 5.98. The average Bonchev–Trinajstić information content (AvgIpc) is 1.77. The van der Waals surface area contributed by atoms with Crippen molar-refractivity contribution in [2.75, 3.05) is 6.61 Å². The van der Waals surface area contributed by atoms with E-state index in [1.807, 2.05) is 0 Å². The van der Waals surface area contributed by atoms with E-state index in [2.05, 4.69) is 19.6 Å². The number of hydrogen-bond acceptors (Lipinski definition) is 2. The highest BCUT2D eigenvalue weighted by atomic mass is 32.1. The van der Waals surface area contributed by atoms with Gasteiger partial charge in [-0.2, -0.15) is 0 Å². The fraction of sp³-hybridized carbons (Fsp3) is 0.667. The first kappa shape index (κ1) is 6.02. The summed E-state index contributed by atoms with van der Waals surface area (Å²) < 4.78 is 5.13. The van der Waals surface area contributed by atoms with Crippen LogP contribution < -0.4 is 0 Å². The number of rotatable bonds is 0. The molecule has 0 bridgehead atoms. The van der Waals surface area contributed by atoms with Crippen LogP contribution in [-0.2, 0) is 4.74 Å². The van der Waals surface area contributed by atoms with E-state index in [0.29, 0.717) is 0 Å². The molecule has 2 heteroatoms. The summed E-state index contributed by atoms with van der Waals surface area (Å²) in [6, 6.07) is 0. The number of ether oxygens (including phenoxy) is 1. The summed E-state index contributed by atoms with van der Waals surface area (Å²) in [6.07, 6.45) is 2.30. The lowest BCUT2D eigenvalue weighted by molar-refractivity contribution is 0.215. The highest BCUT2D eigenvalue weighted by Crippen LogP contribution is 2.20. The lowest BCUT2D eigenvalue weighted by Crippen LogP contribution is -2.00. The Morgan fingerprint density at radius 3 is 2.75 bits per heavy atom. The Morgan fingerprint density at radius 1 is 1.62 bits per heavy atom. The summed E-state index contributed by atoms with van der Waals surface area (Å²) in [5.74, 6) is 0. The van der Waals surface area contributed by atoms with Crippen LogP contribution in [0.4, 0.5) is 0 Å². The predicted molar refractivity (Wildman–Crippen MR) is 36.9 cm³/mol. The topological polar surface area (TPSA) is 9.23 Å². The molecule has 0 saturated carbocycles. The second kappa shape index (κ2) is 2.44. The number of hydrogen-bond donors (Lipinski definition) is 1. The van der Waals surface area contributed by atoms with Crippen LogP contribution in [0.3, 0.4) is 0 Å². The third-order valence-electron chi connectivity index (χ3n) is 1.30. The minimum Gasteiger partial charge on any atom is -0.488 e. The molecule has 0 aromatic carbocycles. The minimum atomic E-state index is 0.830. The van der Waals surface area contributed by atoms with E-state index in [-0.39, 0.29) is 0 Å². The van der Waals surface area contributed by atoms with Gasteiger partial charge in [0.15, 0.2) is 0 Å². The highest BCUT2D eigenvalue weighted by molar-refractivity contribution is 7.84. The van der Waals surface area contributed by atoms with Gasteiger partial charge in [-0.15, -0.1) is 12.6 Å². The Hall–Kier alpha value is -0.110. The van der Waals surface area contributed by atoms with Gasteiger partial charge in [0, 0.05) is 0 Å². The summed E-state index contributed by atoms with van der Waals surface area (Å²) in [5.41, 5.74) is 1.28. The molecule has 46 valence electrons. The summed E-state index contributed by atoms with van der Waals surface area (Å²) in [6.45, 7) is 2.90. The van der Waals surface area contributed by atoms with Crippen molar-refractivity contribution in [1.29, 1.82) is 0 Å². The predicted octanol–water partition coefficient (Wildman–Crippen LogP) is 1.96. The molecule has 0 radical (unpaired) electrons. The largest absolute Gasteiger partial charge is 0.488 e. The number of thiol groups is 1. The normalized spacial score (nSPS) is 20.8. The van der Waals surface area contributed by atoms with Gasteiger partial charge < -0.3 is 4.74 Å². The van der Waals surface area contributed by atoms with E-state index < -0.39 is 0 Å². The van der Waals surface area contributed by atoms with Gasteiger partial charge in [0.05, 0.1) is 6.61 Å². The van der Waals surface area contributed by atoms with Crippen molar-refractivity contribution in [3.05, 3.63) is 10.7 Å². The Balaban J connectivity index is 2.60. The molecule has 1 rings (SSSR count). The van der Waals surface area contributed by atoms with Crippen LogP contribution in [0.1, 0.15) is 19.8 Å². The van der Waals surface area contributed by atoms with Gasteiger partial charge in [-0.1, -0.05) is 0 Å². The molecule has 0 aliphatic carbocycles. The van der Waals surface area contributed by atoms with E-state index in [9.17, 15) is 0 Å². The molecular formula is C6H10OS. The molecule has 0 aromatic heterocycles. The van der Waals surface area contributed by atoms with Crippen molar-refractivity contribution in [2.24, 2.45) is 0 Å². The van der Waals surface area contributed by atoms with Crippen molar-refractivity contribution in [3.63, 3.8) is 0 Å². The van der Waals surface area contributed by atoms with Crippen molar-refractivity contribution in [3.8, 4) is 0 Å². The highest BCUT2D eigenvalue weighted by Gasteiger charge is 2.04. The SMILES string of the molecule is CC1=C(S)OCCC1. The molecule has 1 aliphatic rings. The van der Waals surface area contributed by atoms with Crippen molar-refractivity contribution in [2.45, 2.75) is 19.8 Å². The molecule has 0 fully saturated rings. The fourth-order valence-electron chi connectivity index (χ4n) is 0.736. The second-order valence-corrected chi connectivity index (χ2v) is 2.44. The second-order valence-electron chi connectivity index (χ2n) is 2.04. The van der Waals surface area contributed by atoms with Crippen LogP contribution in [0, 0.1) is 0 Å². The molecular weight excluding hydrogens is 120 g/mol. The Morgan fingerprint density at radius 2 is 2.38 bits per heavy atom. The molecule has 1 aliphatic heterocycles. The molecule has 1 nitrogen and oxygen atoms in total. The first-order valence-corrected chi connectivity index (χ1v) is 3.27. The van der Waals surface area contributed by atoms with E-state index in [1.54, 1.807) is 0 Å². The van der Waals surface area contributed by atoms with Gasteiger partial charge >= 0.3 is 0 Å².